The summed E-state index contributed by atoms with van der Waals surface area (Å²) in [6.45, 7) is 13.1. The first-order chi connectivity index (χ1) is 34.3. The topological polar surface area (TPSA) is 165 Å². The molecule has 3 amide bonds. The van der Waals surface area contributed by atoms with E-state index in [9.17, 15) is 19.5 Å². The van der Waals surface area contributed by atoms with Gasteiger partial charge in [-0.3, -0.25) is 34.5 Å². The number of imide groups is 1. The molecule has 4 unspecified atom stereocenters. The second-order valence-corrected chi connectivity index (χ2v) is 20.4. The van der Waals surface area contributed by atoms with Crippen molar-refractivity contribution in [1.29, 1.82) is 0 Å². The number of nitrogens with zero attached hydrogens (tertiary/aromatic N) is 9. The average molecular weight is 967 g/mol. The zero-order valence-electron chi connectivity index (χ0n) is 40.3. The van der Waals surface area contributed by atoms with Crippen LogP contribution in [0.4, 0.5) is 26.2 Å². The number of halogens is 2. The van der Waals surface area contributed by atoms with Gasteiger partial charge in [-0.2, -0.15) is 4.98 Å². The highest BCUT2D eigenvalue weighted by Gasteiger charge is 2.41. The molecular formula is C53H60F2N12O4. The fourth-order valence-electron chi connectivity index (χ4n) is 12.2. The van der Waals surface area contributed by atoms with E-state index in [4.69, 9.17) is 16.4 Å². The summed E-state index contributed by atoms with van der Waals surface area (Å²) < 4.78 is 32.5. The highest BCUT2D eigenvalue weighted by atomic mass is 19.1. The molecule has 3 aromatic carbocycles. The summed E-state index contributed by atoms with van der Waals surface area (Å²) in [7, 11) is 1.97. The number of likely N-dealkylation sites (tertiary alicyclic amines) is 1. The normalized spacial score (nSPS) is 24.7. The molecule has 1 aromatic heterocycles. The van der Waals surface area contributed by atoms with Gasteiger partial charge in [0.05, 0.1) is 29.8 Å². The lowest BCUT2D eigenvalue weighted by molar-refractivity contribution is -0.137. The van der Waals surface area contributed by atoms with Crippen LogP contribution in [0.2, 0.25) is 0 Å². The first kappa shape index (κ1) is 46.8. The maximum atomic E-state index is 17.4. The van der Waals surface area contributed by atoms with E-state index < -0.39 is 11.6 Å². The zero-order valence-corrected chi connectivity index (χ0v) is 40.3. The number of aliphatic imine (C=N–C) groups is 1. The van der Waals surface area contributed by atoms with Crippen LogP contribution in [0, 0.1) is 31.0 Å². The van der Waals surface area contributed by atoms with E-state index in [0.717, 1.165) is 76.2 Å². The number of fused-ring (bicyclic) bond motifs is 4. The molecule has 6 saturated heterocycles. The van der Waals surface area contributed by atoms with E-state index >= 15 is 8.78 Å². The molecule has 4 aromatic rings. The van der Waals surface area contributed by atoms with E-state index in [2.05, 4.69) is 71.5 Å². The number of phenolic OH excluding ortho intramolecular Hbond substituents is 1. The van der Waals surface area contributed by atoms with Crippen molar-refractivity contribution in [2.75, 3.05) is 93.8 Å². The summed E-state index contributed by atoms with van der Waals surface area (Å²) in [6.07, 6.45) is 10.7. The number of hydrazine groups is 1. The molecular weight excluding hydrogens is 907 g/mol. The number of benzene rings is 3. The van der Waals surface area contributed by atoms with Crippen molar-refractivity contribution in [2.24, 2.45) is 10.9 Å². The Hall–Kier alpha value is -6.52. The Morgan fingerprint density at radius 3 is 2.39 bits per heavy atom. The summed E-state index contributed by atoms with van der Waals surface area (Å²) in [4.78, 5) is 63.2. The standard InChI is InChI=1S/C53H60F2N12O4/c1-5-38-42(54)12-7-33-22-37(68)24-41(46(33)38)50(56-3)47(55)48-30(2)51(66-25-34-8-9-35(26-66)57-34)60-53(59-48)67-27-36(28-67)64-18-20-65(21-19-64)45(70)29-63-16-14-31(15-17-63)32-6-10-39-43(23-32)62(4)61-49(39)40-11-13-44(69)58-52(40)71/h1,6-7,10,12,22-24,31,34-36,40,49,57,61,68H,3,8-9,11,13-21,25-29H2,2,4H3,(H,58,69,71)/b50-47+. The average Bonchev–Trinajstić information content (AvgIpc) is 3.87. The zero-order chi connectivity index (χ0) is 49.2. The van der Waals surface area contributed by atoms with Crippen LogP contribution in [-0.4, -0.2) is 151 Å². The molecule has 7 aliphatic rings. The second-order valence-electron chi connectivity index (χ2n) is 20.4. The van der Waals surface area contributed by atoms with Gasteiger partial charge in [-0.25, -0.2) is 19.2 Å². The highest BCUT2D eigenvalue weighted by molar-refractivity contribution is 6.04. The molecule has 0 aliphatic carbocycles. The molecule has 0 spiro atoms. The molecule has 2 bridgehead atoms. The van der Waals surface area contributed by atoms with Gasteiger partial charge in [0.1, 0.15) is 28.8 Å². The number of nitrogens with one attached hydrogen (secondary N) is 3. The molecule has 370 valence electrons. The summed E-state index contributed by atoms with van der Waals surface area (Å²) in [6, 6.07) is 12.7. The number of aromatic nitrogens is 2. The van der Waals surface area contributed by atoms with Crippen LogP contribution < -0.4 is 30.9 Å². The van der Waals surface area contributed by atoms with Crippen LogP contribution in [0.25, 0.3) is 22.3 Å². The molecule has 11 rings (SSSR count). The van der Waals surface area contributed by atoms with Crippen LogP contribution in [-0.2, 0) is 14.4 Å². The number of hydrogen-bond donors (Lipinski definition) is 4. The number of carbonyl (C=O) groups excluding carboxylic acids is 3. The van der Waals surface area contributed by atoms with Gasteiger partial charge in [-0.15, -0.1) is 6.42 Å². The van der Waals surface area contributed by atoms with Crippen molar-refractivity contribution >= 4 is 64.2 Å². The van der Waals surface area contributed by atoms with Crippen molar-refractivity contribution < 1.29 is 28.3 Å². The third-order valence-corrected chi connectivity index (χ3v) is 16.2. The lowest BCUT2D eigenvalue weighted by Gasteiger charge is -2.48. The number of piperazine rings is 2. The fraction of sp³-hybridized carbons (Fsp3) is 0.472. The smallest absolute Gasteiger partial charge is 0.236 e. The van der Waals surface area contributed by atoms with Crippen molar-refractivity contribution in [3.05, 3.63) is 81.8 Å². The summed E-state index contributed by atoms with van der Waals surface area (Å²) in [5.74, 6) is 1.65. The van der Waals surface area contributed by atoms with Crippen LogP contribution in [0.15, 0.2) is 47.5 Å². The van der Waals surface area contributed by atoms with Gasteiger partial charge in [0, 0.05) is 100 Å². The third-order valence-electron chi connectivity index (χ3n) is 16.2. The van der Waals surface area contributed by atoms with Crippen molar-refractivity contribution in [2.45, 2.75) is 75.5 Å². The maximum absolute atomic E-state index is 17.4. The van der Waals surface area contributed by atoms with Crippen LogP contribution in [0.1, 0.15) is 84.0 Å². The van der Waals surface area contributed by atoms with Crippen LogP contribution >= 0.6 is 0 Å². The lowest BCUT2D eigenvalue weighted by Crippen LogP contribution is -2.64. The van der Waals surface area contributed by atoms with Crippen molar-refractivity contribution in [3.63, 3.8) is 0 Å². The van der Waals surface area contributed by atoms with Crippen LogP contribution in [0.5, 0.6) is 5.75 Å². The van der Waals surface area contributed by atoms with Gasteiger partial charge in [-0.05, 0) is 106 Å². The first-order valence-electron chi connectivity index (χ1n) is 25.0. The maximum Gasteiger partial charge on any atom is 0.236 e. The minimum absolute atomic E-state index is 0.0450. The minimum Gasteiger partial charge on any atom is -0.508 e. The van der Waals surface area contributed by atoms with Gasteiger partial charge in [0.2, 0.25) is 23.7 Å². The second kappa shape index (κ2) is 18.9. The fourth-order valence-corrected chi connectivity index (χ4v) is 12.2. The summed E-state index contributed by atoms with van der Waals surface area (Å²) >= 11 is 0. The van der Waals surface area contributed by atoms with Gasteiger partial charge >= 0.3 is 0 Å². The predicted molar refractivity (Wildman–Crippen MR) is 269 cm³/mol. The summed E-state index contributed by atoms with van der Waals surface area (Å²) in [5.41, 5.74) is 7.26. The number of aromatic hydroxyl groups is 1. The number of piperidine rings is 2. The number of terminal acetylenes is 1. The Morgan fingerprint density at radius 2 is 1.69 bits per heavy atom. The van der Waals surface area contributed by atoms with E-state index in [1.54, 1.807) is 0 Å². The molecule has 18 heteroatoms. The molecule has 0 radical (unpaired) electrons. The number of rotatable bonds is 10. The molecule has 7 aliphatic heterocycles. The molecule has 0 saturated carbocycles. The molecule has 8 heterocycles. The van der Waals surface area contributed by atoms with Crippen molar-refractivity contribution in [3.8, 4) is 18.1 Å². The van der Waals surface area contributed by atoms with Crippen LogP contribution in [0.3, 0.4) is 0 Å². The number of anilines is 3. The number of carbonyl (C=O) groups is 3. The predicted octanol–water partition coefficient (Wildman–Crippen LogP) is 4.46. The minimum atomic E-state index is -0.783. The molecule has 71 heavy (non-hydrogen) atoms. The highest BCUT2D eigenvalue weighted by Crippen LogP contribution is 2.43. The Morgan fingerprint density at radius 1 is 0.944 bits per heavy atom. The van der Waals surface area contributed by atoms with E-state index in [1.807, 2.05) is 23.9 Å². The molecule has 4 N–H and O–H groups in total. The SMILES string of the molecule is C#Cc1c(F)ccc2cc(O)cc(/C(N=C)=C(\F)c3nc(N4CC(N5CCN(C(=O)CN6CCC(c7ccc8c(c7)N(C)NC8C7CCC(=O)NC7=O)CC6)CC5)C4)nc(N4CC5CCC(C4)N5)c3C)c12. The lowest BCUT2D eigenvalue weighted by atomic mass is 9.84. The number of hydrogen-bond acceptors (Lipinski definition) is 14. The Kier molecular flexibility index (Phi) is 12.5. The quantitative estimate of drug-likeness (QED) is 0.100. The molecule has 6 fully saturated rings. The van der Waals surface area contributed by atoms with Crippen molar-refractivity contribution in [1.82, 2.24) is 40.7 Å². The monoisotopic (exact) mass is 966 g/mol. The van der Waals surface area contributed by atoms with Gasteiger partial charge < -0.3 is 30.1 Å². The van der Waals surface area contributed by atoms with E-state index in [0.29, 0.717) is 86.3 Å². The largest absolute Gasteiger partial charge is 0.508 e. The summed E-state index contributed by atoms with van der Waals surface area (Å²) in [5, 5.41) is 19.6. The van der Waals surface area contributed by atoms with Gasteiger partial charge in [0.25, 0.3) is 0 Å². The molecule has 4 atom stereocenters. The Bertz CT molecular complexity index is 2890. The first-order valence-corrected chi connectivity index (χ1v) is 25.0. The number of phenols is 1. The van der Waals surface area contributed by atoms with Gasteiger partial charge in [-0.1, -0.05) is 24.1 Å². The Labute approximate surface area is 412 Å². The number of amides is 3. The third kappa shape index (κ3) is 8.76. The van der Waals surface area contributed by atoms with Gasteiger partial charge in [0.15, 0.2) is 5.83 Å². The van der Waals surface area contributed by atoms with E-state index in [1.165, 1.54) is 29.8 Å². The molecule has 16 nitrogen and oxygen atoms in total. The van der Waals surface area contributed by atoms with E-state index in [-0.39, 0.29) is 69.4 Å². The Balaban J connectivity index is 0.730.